The smallest absolute Gasteiger partial charge is 0.293 e. The molecule has 2 saturated heterocycles. The van der Waals surface area contributed by atoms with E-state index in [0.29, 0.717) is 49.9 Å². The number of likely N-dealkylation sites (N-methyl/N-ethyl adjacent to an activating group) is 1. The lowest BCUT2D eigenvalue weighted by Gasteiger charge is -2.29. The van der Waals surface area contributed by atoms with Crippen molar-refractivity contribution in [2.75, 3.05) is 40.5 Å². The third-order valence-electron chi connectivity index (χ3n) is 7.89. The van der Waals surface area contributed by atoms with Crippen LogP contribution in [0, 0.1) is 23.7 Å². The molecule has 220 valence electrons. The fourth-order valence-electron chi connectivity index (χ4n) is 5.92. The molecular weight excluding hydrogens is 528 g/mol. The highest BCUT2D eigenvalue weighted by Gasteiger charge is 2.55. The third kappa shape index (κ3) is 8.21. The normalized spacial score (nSPS) is 26.2. The van der Waals surface area contributed by atoms with Gasteiger partial charge < -0.3 is 29.4 Å². The molecule has 7 unspecified atom stereocenters. The molecule has 5 rings (SSSR count). The SMILES string of the molecule is CNC(Cc1ccccc1)C(O)CN(CC(C)C)Sc1ccc(OC)cc1.O=COC1C2COC3OCC1C3C2. The van der Waals surface area contributed by atoms with Crippen molar-refractivity contribution in [3.63, 3.8) is 0 Å². The van der Waals surface area contributed by atoms with Gasteiger partial charge in [0.15, 0.2) is 6.29 Å². The van der Waals surface area contributed by atoms with Crippen LogP contribution in [0.5, 0.6) is 5.75 Å². The number of carbonyl (C=O) groups is 1. The first kappa shape index (κ1) is 30.8. The van der Waals surface area contributed by atoms with Gasteiger partial charge >= 0.3 is 0 Å². The Morgan fingerprint density at radius 1 is 1.07 bits per heavy atom. The van der Waals surface area contributed by atoms with Gasteiger partial charge in [0.25, 0.3) is 6.47 Å². The molecule has 0 spiro atoms. The number of rotatable bonds is 13. The van der Waals surface area contributed by atoms with E-state index in [0.717, 1.165) is 30.0 Å². The number of nitrogens with zero attached hydrogens (tertiary/aromatic N) is 1. The molecular formula is C31H44N2O6S. The number of carbonyl (C=O) groups excluding carboxylic acids is 1. The second-order valence-electron chi connectivity index (χ2n) is 11.2. The van der Waals surface area contributed by atoms with Crippen LogP contribution in [0.1, 0.15) is 25.8 Å². The summed E-state index contributed by atoms with van der Waals surface area (Å²) in [5.41, 5.74) is 1.23. The topological polar surface area (TPSA) is 89.5 Å². The van der Waals surface area contributed by atoms with E-state index < -0.39 is 6.10 Å². The Morgan fingerprint density at radius 2 is 1.80 bits per heavy atom. The highest BCUT2D eigenvalue weighted by molar-refractivity contribution is 7.97. The molecule has 2 N–H and O–H groups in total. The maximum atomic E-state index is 10.9. The fraction of sp³-hybridized carbons (Fsp3) is 0.581. The van der Waals surface area contributed by atoms with E-state index in [1.807, 2.05) is 37.4 Å². The van der Waals surface area contributed by atoms with E-state index >= 15 is 0 Å². The summed E-state index contributed by atoms with van der Waals surface area (Å²) >= 11 is 1.69. The van der Waals surface area contributed by atoms with Gasteiger partial charge in [-0.15, -0.1) is 0 Å². The molecule has 3 aliphatic rings. The number of hydrogen-bond acceptors (Lipinski definition) is 9. The first-order valence-corrected chi connectivity index (χ1v) is 15.0. The lowest BCUT2D eigenvalue weighted by molar-refractivity contribution is -0.173. The molecule has 2 heterocycles. The van der Waals surface area contributed by atoms with E-state index in [1.165, 1.54) is 5.56 Å². The van der Waals surface area contributed by atoms with Crippen molar-refractivity contribution in [2.45, 2.75) is 56.1 Å². The Labute approximate surface area is 242 Å². The highest BCUT2D eigenvalue weighted by atomic mass is 32.2. The molecule has 0 amide bonds. The minimum absolute atomic E-state index is 0.0125. The van der Waals surface area contributed by atoms with Crippen LogP contribution in [-0.2, 0) is 25.4 Å². The molecule has 2 aromatic carbocycles. The Balaban J connectivity index is 0.000000233. The van der Waals surface area contributed by atoms with Gasteiger partial charge in [-0.1, -0.05) is 44.2 Å². The molecule has 0 radical (unpaired) electrons. The Hall–Kier alpha value is -2.14. The molecule has 7 atom stereocenters. The minimum atomic E-state index is -0.459. The van der Waals surface area contributed by atoms with Crippen LogP contribution < -0.4 is 10.1 Å². The predicted octanol–water partition coefficient (Wildman–Crippen LogP) is 4.02. The summed E-state index contributed by atoms with van der Waals surface area (Å²) in [7, 11) is 3.59. The molecule has 1 saturated carbocycles. The summed E-state index contributed by atoms with van der Waals surface area (Å²) in [6.45, 7) is 7.84. The zero-order chi connectivity index (χ0) is 28.5. The average Bonchev–Trinajstić information content (AvgIpc) is 3.49. The molecule has 8 nitrogen and oxygen atoms in total. The molecule has 40 heavy (non-hydrogen) atoms. The van der Waals surface area contributed by atoms with Crippen molar-refractivity contribution in [2.24, 2.45) is 23.7 Å². The van der Waals surface area contributed by atoms with Crippen LogP contribution in [0.2, 0.25) is 0 Å². The summed E-state index contributed by atoms with van der Waals surface area (Å²) < 4.78 is 23.6. The van der Waals surface area contributed by atoms with Crippen LogP contribution >= 0.6 is 11.9 Å². The first-order valence-electron chi connectivity index (χ1n) is 14.2. The molecule has 1 aliphatic carbocycles. The van der Waals surface area contributed by atoms with Gasteiger partial charge in [0.1, 0.15) is 11.9 Å². The number of aliphatic hydroxyl groups excluding tert-OH is 1. The van der Waals surface area contributed by atoms with E-state index in [-0.39, 0.29) is 18.4 Å². The van der Waals surface area contributed by atoms with Crippen LogP contribution in [-0.4, -0.2) is 80.9 Å². The van der Waals surface area contributed by atoms with Gasteiger partial charge in [-0.3, -0.25) is 4.79 Å². The van der Waals surface area contributed by atoms with Gasteiger partial charge in [-0.2, -0.15) is 0 Å². The summed E-state index contributed by atoms with van der Waals surface area (Å²) in [5, 5.41) is 14.2. The molecule has 2 bridgehead atoms. The number of fused-ring (bicyclic) bond motifs is 1. The number of hydrogen-bond donors (Lipinski definition) is 2. The van der Waals surface area contributed by atoms with E-state index in [9.17, 15) is 9.90 Å². The summed E-state index contributed by atoms with van der Waals surface area (Å²) in [4.78, 5) is 11.5. The number of nitrogens with one attached hydrogen (secondary N) is 1. The highest BCUT2D eigenvalue weighted by Crippen LogP contribution is 2.49. The summed E-state index contributed by atoms with van der Waals surface area (Å²) in [5.74, 6) is 2.62. The van der Waals surface area contributed by atoms with Gasteiger partial charge in [-0.05, 0) is 67.6 Å². The molecule has 2 aliphatic heterocycles. The van der Waals surface area contributed by atoms with E-state index in [4.69, 9.17) is 18.9 Å². The molecule has 2 aromatic rings. The van der Waals surface area contributed by atoms with Gasteiger partial charge in [0.05, 0.1) is 26.4 Å². The number of ether oxygens (including phenoxy) is 4. The molecule has 0 aromatic heterocycles. The first-order chi connectivity index (χ1) is 19.4. The van der Waals surface area contributed by atoms with Gasteiger partial charge in [-0.25, -0.2) is 4.31 Å². The summed E-state index contributed by atoms with van der Waals surface area (Å²) in [6, 6.07) is 18.4. The number of benzene rings is 2. The molecule has 3 fully saturated rings. The van der Waals surface area contributed by atoms with Crippen LogP contribution in [0.4, 0.5) is 0 Å². The fourth-order valence-corrected chi connectivity index (χ4v) is 7.07. The third-order valence-corrected chi connectivity index (χ3v) is 8.93. The minimum Gasteiger partial charge on any atom is -0.497 e. The predicted molar refractivity (Wildman–Crippen MR) is 156 cm³/mol. The standard InChI is InChI=1S/C22H32N2O2S.C9H12O4/c1-17(2)15-24(27-20-12-10-19(26-4)11-13-20)16-22(25)21(23-3)14-18-8-6-5-7-9-18;10-4-13-8-5-1-6-7(8)3-12-9(6)11-2-5/h5-13,17,21-23,25H,14-16H2,1-4H3;4-9H,1-3H2. The lowest BCUT2D eigenvalue weighted by atomic mass is 9.98. The van der Waals surface area contributed by atoms with Crippen molar-refractivity contribution in [1.29, 1.82) is 0 Å². The van der Waals surface area contributed by atoms with Crippen LogP contribution in [0.15, 0.2) is 59.5 Å². The van der Waals surface area contributed by atoms with Crippen molar-refractivity contribution in [3.05, 3.63) is 60.2 Å². The number of aliphatic hydroxyl groups is 1. The zero-order valence-corrected chi connectivity index (χ0v) is 24.8. The Kier molecular flexibility index (Phi) is 11.7. The average molecular weight is 573 g/mol. The Morgan fingerprint density at radius 3 is 2.45 bits per heavy atom. The van der Waals surface area contributed by atoms with Crippen LogP contribution in [0.3, 0.4) is 0 Å². The summed E-state index contributed by atoms with van der Waals surface area (Å²) in [6.07, 6.45) is 1.45. The van der Waals surface area contributed by atoms with Gasteiger partial charge in [0, 0.05) is 41.8 Å². The zero-order valence-electron chi connectivity index (χ0n) is 24.0. The number of methoxy groups -OCH3 is 1. The second-order valence-corrected chi connectivity index (χ2v) is 12.4. The quantitative estimate of drug-likeness (QED) is 0.273. The lowest BCUT2D eigenvalue weighted by Crippen LogP contribution is -2.45. The van der Waals surface area contributed by atoms with E-state index in [2.05, 4.69) is 47.7 Å². The van der Waals surface area contributed by atoms with E-state index in [1.54, 1.807) is 19.1 Å². The van der Waals surface area contributed by atoms with Crippen molar-refractivity contribution in [1.82, 2.24) is 9.62 Å². The maximum Gasteiger partial charge on any atom is 0.293 e. The van der Waals surface area contributed by atoms with Crippen molar-refractivity contribution >= 4 is 18.4 Å². The monoisotopic (exact) mass is 572 g/mol. The van der Waals surface area contributed by atoms with Crippen molar-refractivity contribution < 1.29 is 28.8 Å². The maximum absolute atomic E-state index is 10.9. The largest absolute Gasteiger partial charge is 0.497 e. The molecule has 9 heteroatoms. The Bertz CT molecular complexity index is 1030. The van der Waals surface area contributed by atoms with Crippen LogP contribution in [0.25, 0.3) is 0 Å². The van der Waals surface area contributed by atoms with Crippen molar-refractivity contribution in [3.8, 4) is 5.75 Å². The van der Waals surface area contributed by atoms with Gasteiger partial charge in [0.2, 0.25) is 0 Å². The second kappa shape index (κ2) is 15.2.